The second-order valence-corrected chi connectivity index (χ2v) is 6.05. The molecule has 1 saturated carbocycles. The van der Waals surface area contributed by atoms with Gasteiger partial charge in [-0.3, -0.25) is 0 Å². The minimum Gasteiger partial charge on any atom is -0.0622 e. The molecule has 4 rings (SSSR count). The molecule has 0 bridgehead atoms. The zero-order valence-corrected chi connectivity index (χ0v) is 11.8. The zero-order chi connectivity index (χ0) is 13.4. The maximum atomic E-state index is 2.30. The molecule has 2 unspecified atom stereocenters. The van der Waals surface area contributed by atoms with Gasteiger partial charge in [0, 0.05) is 5.92 Å². The van der Waals surface area contributed by atoms with Crippen molar-refractivity contribution in [2.45, 2.75) is 31.6 Å². The highest BCUT2D eigenvalue weighted by Gasteiger charge is 2.42. The summed E-state index contributed by atoms with van der Waals surface area (Å²) in [4.78, 5) is 0. The van der Waals surface area contributed by atoms with Gasteiger partial charge in [0.25, 0.3) is 0 Å². The minimum atomic E-state index is 0.633. The van der Waals surface area contributed by atoms with Crippen molar-refractivity contribution in [1.29, 1.82) is 0 Å². The molecule has 2 aromatic rings. The molecule has 0 radical (unpaired) electrons. The average Bonchev–Trinajstić information content (AvgIpc) is 2.51. The van der Waals surface area contributed by atoms with Gasteiger partial charge in [0.2, 0.25) is 0 Å². The largest absolute Gasteiger partial charge is 0.0622 e. The zero-order valence-electron chi connectivity index (χ0n) is 11.8. The molecule has 2 aromatic carbocycles. The molecular formula is C20H20. The highest BCUT2D eigenvalue weighted by Crippen LogP contribution is 2.57. The number of hydrogen-bond donors (Lipinski definition) is 0. The molecule has 0 amide bonds. The van der Waals surface area contributed by atoms with Gasteiger partial charge in [-0.1, -0.05) is 72.7 Å². The summed E-state index contributed by atoms with van der Waals surface area (Å²) >= 11 is 0. The monoisotopic (exact) mass is 260 g/mol. The number of benzene rings is 2. The molecule has 1 fully saturated rings. The summed E-state index contributed by atoms with van der Waals surface area (Å²) < 4.78 is 0. The van der Waals surface area contributed by atoms with Crippen molar-refractivity contribution in [3.8, 4) is 0 Å². The smallest absolute Gasteiger partial charge is 0.0161 e. The van der Waals surface area contributed by atoms with Crippen LogP contribution < -0.4 is 0 Å². The van der Waals surface area contributed by atoms with Gasteiger partial charge in [-0.2, -0.15) is 0 Å². The predicted octanol–water partition coefficient (Wildman–Crippen LogP) is 5.43. The van der Waals surface area contributed by atoms with Crippen LogP contribution in [0.3, 0.4) is 0 Å². The first-order valence-corrected chi connectivity index (χ1v) is 7.78. The topological polar surface area (TPSA) is 0 Å². The van der Waals surface area contributed by atoms with Crippen LogP contribution in [0.1, 0.15) is 42.7 Å². The van der Waals surface area contributed by atoms with Crippen LogP contribution in [-0.4, -0.2) is 0 Å². The maximum Gasteiger partial charge on any atom is 0.0161 e. The van der Waals surface area contributed by atoms with E-state index in [-0.39, 0.29) is 0 Å². The summed E-state index contributed by atoms with van der Waals surface area (Å²) in [6, 6.07) is 22.1. The Morgan fingerprint density at radius 2 is 1.45 bits per heavy atom. The molecule has 20 heavy (non-hydrogen) atoms. The molecule has 0 N–H and O–H groups in total. The van der Waals surface area contributed by atoms with Crippen molar-refractivity contribution < 1.29 is 0 Å². The van der Waals surface area contributed by atoms with Crippen molar-refractivity contribution in [1.82, 2.24) is 0 Å². The first-order chi connectivity index (χ1) is 9.95. The van der Waals surface area contributed by atoms with Crippen molar-refractivity contribution >= 4 is 5.57 Å². The fourth-order valence-electron chi connectivity index (χ4n) is 4.09. The van der Waals surface area contributed by atoms with Gasteiger partial charge in [-0.15, -0.1) is 0 Å². The van der Waals surface area contributed by atoms with E-state index in [0.29, 0.717) is 5.92 Å². The number of hydrogen-bond acceptors (Lipinski definition) is 0. The lowest BCUT2D eigenvalue weighted by molar-refractivity contribution is 0.389. The molecule has 0 aliphatic heterocycles. The third kappa shape index (κ3) is 1.83. The van der Waals surface area contributed by atoms with Crippen LogP contribution >= 0.6 is 0 Å². The Labute approximate surface area is 121 Å². The molecule has 0 aromatic heterocycles. The molecular weight excluding hydrogens is 240 g/mol. The lowest BCUT2D eigenvalue weighted by Gasteiger charge is -2.46. The molecule has 0 nitrogen and oxygen atoms in total. The highest BCUT2D eigenvalue weighted by molar-refractivity contribution is 5.81. The highest BCUT2D eigenvalue weighted by atomic mass is 14.5. The average molecular weight is 260 g/mol. The Morgan fingerprint density at radius 1 is 0.750 bits per heavy atom. The molecule has 0 spiro atoms. The van der Waals surface area contributed by atoms with Gasteiger partial charge in [0.1, 0.15) is 0 Å². The lowest BCUT2D eigenvalue weighted by Crippen LogP contribution is -2.30. The second-order valence-electron chi connectivity index (χ2n) is 6.05. The first kappa shape index (κ1) is 12.0. The summed E-state index contributed by atoms with van der Waals surface area (Å²) in [6.45, 7) is 0. The van der Waals surface area contributed by atoms with E-state index in [1.54, 1.807) is 11.1 Å². The first-order valence-electron chi connectivity index (χ1n) is 7.78. The van der Waals surface area contributed by atoms with Crippen LogP contribution in [0.5, 0.6) is 0 Å². The van der Waals surface area contributed by atoms with E-state index in [4.69, 9.17) is 0 Å². The Kier molecular flexibility index (Phi) is 2.95. The third-order valence-corrected chi connectivity index (χ3v) is 4.96. The molecule has 2 atom stereocenters. The van der Waals surface area contributed by atoms with Crippen LogP contribution in [0.15, 0.2) is 66.2 Å². The molecule has 0 heteroatoms. The van der Waals surface area contributed by atoms with Gasteiger partial charge in [0.15, 0.2) is 0 Å². The molecule has 100 valence electrons. The summed E-state index contributed by atoms with van der Waals surface area (Å²) in [7, 11) is 0. The Hall–Kier alpha value is -1.82. The van der Waals surface area contributed by atoms with Crippen molar-refractivity contribution in [3.63, 3.8) is 0 Å². The predicted molar refractivity (Wildman–Crippen MR) is 84.5 cm³/mol. The van der Waals surface area contributed by atoms with E-state index in [9.17, 15) is 0 Å². The van der Waals surface area contributed by atoms with E-state index >= 15 is 0 Å². The van der Waals surface area contributed by atoms with E-state index in [1.165, 1.54) is 36.8 Å². The Balaban J connectivity index is 1.80. The maximum absolute atomic E-state index is 2.30. The van der Waals surface area contributed by atoms with Gasteiger partial charge < -0.3 is 0 Å². The van der Waals surface area contributed by atoms with Crippen LogP contribution in [-0.2, 0) is 0 Å². The van der Waals surface area contributed by atoms with Crippen molar-refractivity contribution in [2.24, 2.45) is 5.92 Å². The molecule has 2 aliphatic carbocycles. The van der Waals surface area contributed by atoms with Gasteiger partial charge in [0.05, 0.1) is 0 Å². The summed E-state index contributed by atoms with van der Waals surface area (Å²) in [5.74, 6) is 1.44. The molecule has 0 heterocycles. The van der Waals surface area contributed by atoms with E-state index in [1.807, 2.05) is 0 Å². The molecule has 0 saturated heterocycles. The normalized spacial score (nSPS) is 25.0. The minimum absolute atomic E-state index is 0.633. The fraction of sp³-hybridized carbons (Fsp3) is 0.300. The van der Waals surface area contributed by atoms with Crippen LogP contribution in [0.25, 0.3) is 5.57 Å². The number of allylic oxidation sites excluding steroid dienone is 2. The standard InChI is InChI=1S/C20H20/c1-3-9-15(10-4-1)19-17-13-7-8-14-18(17)20(19)16-11-5-2-6-12-16/h1-6,9-12,17,19H,7-8,13-14H2. The summed E-state index contributed by atoms with van der Waals surface area (Å²) in [6.07, 6.45) is 5.48. The second kappa shape index (κ2) is 4.94. The number of fused-ring (bicyclic) bond motifs is 1. The third-order valence-electron chi connectivity index (χ3n) is 4.96. The van der Waals surface area contributed by atoms with Crippen molar-refractivity contribution in [3.05, 3.63) is 77.4 Å². The quantitative estimate of drug-likeness (QED) is 0.675. The molecule has 2 aliphatic rings. The van der Waals surface area contributed by atoms with Crippen LogP contribution in [0.4, 0.5) is 0 Å². The summed E-state index contributed by atoms with van der Waals surface area (Å²) in [5, 5.41) is 0. The number of rotatable bonds is 2. The summed E-state index contributed by atoms with van der Waals surface area (Å²) in [5.41, 5.74) is 6.31. The fourth-order valence-corrected chi connectivity index (χ4v) is 4.09. The van der Waals surface area contributed by atoms with Crippen LogP contribution in [0, 0.1) is 5.92 Å². The Morgan fingerprint density at radius 3 is 2.20 bits per heavy atom. The SMILES string of the molecule is c1ccc(C2=C3CCCCC3C2c2ccccc2)cc1. The van der Waals surface area contributed by atoms with E-state index in [2.05, 4.69) is 60.7 Å². The Bertz CT molecular complexity index is 622. The van der Waals surface area contributed by atoms with Gasteiger partial charge in [-0.05, 0) is 41.9 Å². The van der Waals surface area contributed by atoms with E-state index < -0.39 is 0 Å². The van der Waals surface area contributed by atoms with E-state index in [0.717, 1.165) is 5.92 Å². The van der Waals surface area contributed by atoms with Crippen LogP contribution in [0.2, 0.25) is 0 Å². The van der Waals surface area contributed by atoms with Crippen molar-refractivity contribution in [2.75, 3.05) is 0 Å². The lowest BCUT2D eigenvalue weighted by atomic mass is 9.58. The van der Waals surface area contributed by atoms with Gasteiger partial charge in [-0.25, -0.2) is 0 Å². The van der Waals surface area contributed by atoms with Gasteiger partial charge >= 0.3 is 0 Å².